The zero-order valence-electron chi connectivity index (χ0n) is 18.2. The Kier molecular flexibility index (Phi) is 4.81. The lowest BCUT2D eigenvalue weighted by Gasteiger charge is -2.13. The summed E-state index contributed by atoms with van der Waals surface area (Å²) in [6.07, 6.45) is 1.87. The highest BCUT2D eigenvalue weighted by Crippen LogP contribution is 2.42. The molecular weight excluding hydrogens is 426 g/mol. The smallest absolute Gasteiger partial charge is 0.341 e. The van der Waals surface area contributed by atoms with Gasteiger partial charge < -0.3 is 24.1 Å². The van der Waals surface area contributed by atoms with Gasteiger partial charge in [-0.25, -0.2) is 9.78 Å². The van der Waals surface area contributed by atoms with Crippen LogP contribution in [-0.2, 0) is 4.79 Å². The highest BCUT2D eigenvalue weighted by molar-refractivity contribution is 6.14. The second-order valence-electron chi connectivity index (χ2n) is 7.95. The molecule has 9 heteroatoms. The van der Waals surface area contributed by atoms with E-state index in [0.29, 0.717) is 28.2 Å². The molecule has 0 fully saturated rings. The fraction of sp³-hybridized carbons (Fsp3) is 0.208. The molecule has 0 saturated heterocycles. The molecule has 0 saturated carbocycles. The van der Waals surface area contributed by atoms with Crippen LogP contribution < -0.4 is 14.9 Å². The van der Waals surface area contributed by atoms with Gasteiger partial charge >= 0.3 is 5.97 Å². The van der Waals surface area contributed by atoms with Crippen LogP contribution in [0.4, 0.5) is 0 Å². The number of aromatic nitrogens is 3. The number of benzene rings is 2. The van der Waals surface area contributed by atoms with Gasteiger partial charge in [-0.3, -0.25) is 9.48 Å². The monoisotopic (exact) mass is 447 g/mol. The highest BCUT2D eigenvalue weighted by Gasteiger charge is 2.22. The molecule has 9 nitrogen and oxygen atoms in total. The first kappa shape index (κ1) is 20.6. The lowest BCUT2D eigenvalue weighted by atomic mass is 10.0. The van der Waals surface area contributed by atoms with Crippen LogP contribution in [0.2, 0.25) is 0 Å². The molecule has 0 aliphatic carbocycles. The fourth-order valence-corrected chi connectivity index (χ4v) is 4.02. The Morgan fingerprint density at radius 3 is 2.73 bits per heavy atom. The van der Waals surface area contributed by atoms with Crippen molar-refractivity contribution in [2.75, 3.05) is 13.7 Å². The van der Waals surface area contributed by atoms with Crippen molar-refractivity contribution in [3.8, 4) is 22.6 Å². The number of ether oxygens (including phenoxy) is 2. The van der Waals surface area contributed by atoms with E-state index in [1.54, 1.807) is 18.2 Å². The van der Waals surface area contributed by atoms with Crippen LogP contribution in [0.5, 0.6) is 11.5 Å². The maximum atomic E-state index is 11.9. The normalized spacial score (nSPS) is 11.6. The minimum absolute atomic E-state index is 0.132. The molecule has 0 atom stereocenters. The van der Waals surface area contributed by atoms with Gasteiger partial charge in [-0.15, -0.1) is 0 Å². The predicted octanol–water partition coefficient (Wildman–Crippen LogP) is 4.34. The van der Waals surface area contributed by atoms with E-state index < -0.39 is 12.6 Å². The second kappa shape index (κ2) is 7.70. The van der Waals surface area contributed by atoms with Crippen LogP contribution in [0.3, 0.4) is 0 Å². The Balaban J connectivity index is 1.83. The predicted molar refractivity (Wildman–Crippen MR) is 123 cm³/mol. The van der Waals surface area contributed by atoms with E-state index in [0.717, 1.165) is 27.5 Å². The maximum absolute atomic E-state index is 11.9. The van der Waals surface area contributed by atoms with Crippen LogP contribution in [0.1, 0.15) is 19.9 Å². The number of furan rings is 1. The van der Waals surface area contributed by atoms with Gasteiger partial charge in [0.05, 0.1) is 7.11 Å². The summed E-state index contributed by atoms with van der Waals surface area (Å²) < 4.78 is 18.9. The number of hydrogen-bond acceptors (Lipinski definition) is 6. The van der Waals surface area contributed by atoms with Crippen molar-refractivity contribution in [2.24, 2.45) is 0 Å². The molecule has 0 radical (unpaired) electrons. The minimum Gasteiger partial charge on any atom is -0.493 e. The summed E-state index contributed by atoms with van der Waals surface area (Å²) in [7, 11) is 1.49. The lowest BCUT2D eigenvalue weighted by molar-refractivity contribution is -0.139. The first-order chi connectivity index (χ1) is 15.9. The van der Waals surface area contributed by atoms with E-state index in [1.807, 2.05) is 16.9 Å². The molecule has 2 aromatic carbocycles. The van der Waals surface area contributed by atoms with Gasteiger partial charge in [-0.2, -0.15) is 0 Å². The fourth-order valence-electron chi connectivity index (χ4n) is 4.02. The highest BCUT2D eigenvalue weighted by atomic mass is 16.5. The van der Waals surface area contributed by atoms with Gasteiger partial charge in [0.2, 0.25) is 0 Å². The van der Waals surface area contributed by atoms with Gasteiger partial charge in [0, 0.05) is 34.6 Å². The number of pyridine rings is 1. The molecule has 3 heterocycles. The van der Waals surface area contributed by atoms with Gasteiger partial charge in [0.25, 0.3) is 0 Å². The summed E-state index contributed by atoms with van der Waals surface area (Å²) >= 11 is 0. The molecule has 3 aromatic heterocycles. The first-order valence-electron chi connectivity index (χ1n) is 10.4. The van der Waals surface area contributed by atoms with Crippen molar-refractivity contribution in [1.82, 2.24) is 14.8 Å². The van der Waals surface area contributed by atoms with E-state index >= 15 is 0 Å². The SMILES string of the molecule is COc1cc(-c2c3c[nH]n(C(C)C)c3nc3c2oc2cc(=O)ccc23)ccc1OCC(=O)O. The van der Waals surface area contributed by atoms with Crippen molar-refractivity contribution in [3.63, 3.8) is 0 Å². The molecule has 0 aliphatic rings. The van der Waals surface area contributed by atoms with Gasteiger partial charge in [-0.1, -0.05) is 6.07 Å². The van der Waals surface area contributed by atoms with Crippen molar-refractivity contribution >= 4 is 39.1 Å². The largest absolute Gasteiger partial charge is 0.493 e. The van der Waals surface area contributed by atoms with E-state index in [9.17, 15) is 9.59 Å². The summed E-state index contributed by atoms with van der Waals surface area (Å²) in [5, 5.41) is 13.8. The number of fused-ring (bicyclic) bond motifs is 4. The average molecular weight is 447 g/mol. The number of hydrogen-bond donors (Lipinski definition) is 2. The maximum Gasteiger partial charge on any atom is 0.341 e. The van der Waals surface area contributed by atoms with Crippen LogP contribution in [0.15, 0.2) is 51.8 Å². The number of rotatable bonds is 6. The van der Waals surface area contributed by atoms with Crippen LogP contribution in [-0.4, -0.2) is 39.6 Å². The van der Waals surface area contributed by atoms with E-state index in [-0.39, 0.29) is 11.5 Å². The Bertz CT molecular complexity index is 1590. The zero-order valence-corrected chi connectivity index (χ0v) is 18.2. The average Bonchev–Trinajstić information content (AvgIpc) is 3.36. The molecular formula is C24H21N3O6. The third-order valence-corrected chi connectivity index (χ3v) is 5.49. The van der Waals surface area contributed by atoms with Crippen molar-refractivity contribution in [3.05, 3.63) is 52.8 Å². The topological polar surface area (TPSA) is 120 Å². The molecule has 2 N–H and O–H groups in total. The van der Waals surface area contributed by atoms with E-state index in [2.05, 4.69) is 18.9 Å². The molecule has 0 spiro atoms. The first-order valence-corrected chi connectivity index (χ1v) is 10.4. The molecule has 33 heavy (non-hydrogen) atoms. The molecule has 0 amide bonds. The summed E-state index contributed by atoms with van der Waals surface area (Å²) in [6, 6.07) is 10.1. The molecule has 5 aromatic rings. The van der Waals surface area contributed by atoms with Gasteiger partial charge in [-0.05, 0) is 43.7 Å². The Hall–Kier alpha value is -4.27. The van der Waals surface area contributed by atoms with E-state index in [4.69, 9.17) is 24.0 Å². The number of carboxylic acid groups (broad SMARTS) is 1. The number of H-pyrrole nitrogens is 1. The quantitative estimate of drug-likeness (QED) is 0.397. The van der Waals surface area contributed by atoms with Crippen LogP contribution in [0, 0.1) is 0 Å². The Morgan fingerprint density at radius 2 is 2.00 bits per heavy atom. The minimum atomic E-state index is -1.08. The third kappa shape index (κ3) is 3.38. The number of aromatic amines is 1. The number of nitrogens with one attached hydrogen (secondary N) is 1. The van der Waals surface area contributed by atoms with Crippen molar-refractivity contribution in [2.45, 2.75) is 19.9 Å². The third-order valence-electron chi connectivity index (χ3n) is 5.49. The number of carboxylic acids is 1. The van der Waals surface area contributed by atoms with Gasteiger partial charge in [0.15, 0.2) is 34.8 Å². The number of carbonyl (C=O) groups is 1. The zero-order chi connectivity index (χ0) is 23.3. The summed E-state index contributed by atoms with van der Waals surface area (Å²) in [5.41, 5.74) is 3.79. The molecule has 0 unspecified atom stereocenters. The summed E-state index contributed by atoms with van der Waals surface area (Å²) in [4.78, 5) is 27.7. The molecule has 0 aliphatic heterocycles. The van der Waals surface area contributed by atoms with Crippen molar-refractivity contribution < 1.29 is 23.8 Å². The molecule has 0 bridgehead atoms. The lowest BCUT2D eigenvalue weighted by Crippen LogP contribution is -2.10. The number of methoxy groups -OCH3 is 1. The summed E-state index contributed by atoms with van der Waals surface area (Å²) in [5.74, 6) is -0.376. The summed E-state index contributed by atoms with van der Waals surface area (Å²) in [6.45, 7) is 3.62. The van der Waals surface area contributed by atoms with Crippen LogP contribution in [0.25, 0.3) is 44.2 Å². The second-order valence-corrected chi connectivity index (χ2v) is 7.95. The molecule has 168 valence electrons. The number of nitrogens with zero attached hydrogens (tertiary/aromatic N) is 2. The van der Waals surface area contributed by atoms with Crippen molar-refractivity contribution in [1.29, 1.82) is 0 Å². The standard InChI is InChI=1S/C24H21N3O6/c1-12(2)27-24-16(10-25-27)21(13-4-7-17(19(8-13)31-3)32-11-20(29)30)23-22(26-24)15-6-5-14(28)9-18(15)33-23/h4-10,12,25H,11H2,1-3H3,(H,29,30). The Labute approximate surface area is 187 Å². The van der Waals surface area contributed by atoms with E-state index in [1.165, 1.54) is 19.2 Å². The van der Waals surface area contributed by atoms with Crippen LogP contribution >= 0.6 is 0 Å². The number of aliphatic carboxylic acids is 1. The van der Waals surface area contributed by atoms with Gasteiger partial charge in [0.1, 0.15) is 11.1 Å². The Morgan fingerprint density at radius 1 is 1.18 bits per heavy atom. The molecule has 5 rings (SSSR count).